The lowest BCUT2D eigenvalue weighted by atomic mass is 10.1. The fourth-order valence-corrected chi connectivity index (χ4v) is 3.12. The van der Waals surface area contributed by atoms with Crippen LogP contribution in [0.4, 0.5) is 4.39 Å². The quantitative estimate of drug-likeness (QED) is 0.875. The van der Waals surface area contributed by atoms with E-state index in [1.54, 1.807) is 0 Å². The third kappa shape index (κ3) is 4.22. The molecule has 1 aromatic rings. The summed E-state index contributed by atoms with van der Waals surface area (Å²) in [6.07, 6.45) is 0.646. The maximum atomic E-state index is 13.3. The van der Waals surface area contributed by atoms with Crippen LogP contribution in [0, 0.1) is 17.1 Å². The number of hydrogen-bond donors (Lipinski definition) is 1. The predicted octanol–water partition coefficient (Wildman–Crippen LogP) is 0.409. The Labute approximate surface area is 123 Å². The molecule has 1 fully saturated rings. The van der Waals surface area contributed by atoms with E-state index >= 15 is 0 Å². The molecule has 0 amide bonds. The van der Waals surface area contributed by atoms with Crippen LogP contribution in [0.2, 0.25) is 0 Å². The first-order valence-corrected chi connectivity index (χ1v) is 8.09. The molecule has 0 aliphatic carbocycles. The third-order valence-electron chi connectivity index (χ3n) is 3.49. The highest BCUT2D eigenvalue weighted by Gasteiger charge is 2.22. The molecular weight excluding hydrogens is 295 g/mol. The lowest BCUT2D eigenvalue weighted by molar-refractivity contribution is 0.278. The number of halogens is 1. The zero-order valence-electron chi connectivity index (χ0n) is 11.5. The normalized spacial score (nSPS) is 18.1. The van der Waals surface area contributed by atoms with Gasteiger partial charge in [-0.2, -0.15) is 18.0 Å². The standard InChI is InChI=1S/C13H17FN4O2S/c14-13-3-2-11(9-15)12(8-13)10-17-4-1-5-18(7-6-17)21(16,19)20/h2-3,8H,1,4-7,10H2,(H2,16,19,20). The molecule has 2 rings (SSSR count). The summed E-state index contributed by atoms with van der Waals surface area (Å²) in [5.41, 5.74) is 1.05. The highest BCUT2D eigenvalue weighted by Crippen LogP contribution is 2.15. The van der Waals surface area contributed by atoms with Gasteiger partial charge in [-0.1, -0.05) is 0 Å². The van der Waals surface area contributed by atoms with E-state index in [1.807, 2.05) is 11.0 Å². The van der Waals surface area contributed by atoms with Crippen molar-refractivity contribution in [1.82, 2.24) is 9.21 Å². The molecule has 2 N–H and O–H groups in total. The molecule has 0 atom stereocenters. The van der Waals surface area contributed by atoms with Gasteiger partial charge in [-0.05, 0) is 36.7 Å². The van der Waals surface area contributed by atoms with Gasteiger partial charge >= 0.3 is 0 Å². The Morgan fingerprint density at radius 3 is 2.71 bits per heavy atom. The number of nitriles is 1. The van der Waals surface area contributed by atoms with Gasteiger partial charge in [0.25, 0.3) is 10.2 Å². The maximum Gasteiger partial charge on any atom is 0.276 e. The molecule has 1 saturated heterocycles. The monoisotopic (exact) mass is 312 g/mol. The number of hydrogen-bond acceptors (Lipinski definition) is 4. The molecule has 6 nitrogen and oxygen atoms in total. The van der Waals surface area contributed by atoms with Gasteiger partial charge in [-0.15, -0.1) is 0 Å². The minimum atomic E-state index is -3.67. The topological polar surface area (TPSA) is 90.4 Å². The van der Waals surface area contributed by atoms with E-state index < -0.39 is 10.2 Å². The molecule has 1 heterocycles. The van der Waals surface area contributed by atoms with E-state index in [-0.39, 0.29) is 5.82 Å². The molecule has 114 valence electrons. The van der Waals surface area contributed by atoms with E-state index in [9.17, 15) is 12.8 Å². The van der Waals surface area contributed by atoms with Gasteiger partial charge in [0.2, 0.25) is 0 Å². The van der Waals surface area contributed by atoms with Gasteiger partial charge in [0.1, 0.15) is 5.82 Å². The molecule has 1 aromatic carbocycles. The first kappa shape index (κ1) is 15.9. The van der Waals surface area contributed by atoms with Gasteiger partial charge in [0.15, 0.2) is 0 Å². The van der Waals surface area contributed by atoms with Gasteiger partial charge < -0.3 is 0 Å². The van der Waals surface area contributed by atoms with Crippen LogP contribution in [0.1, 0.15) is 17.5 Å². The summed E-state index contributed by atoms with van der Waals surface area (Å²) >= 11 is 0. The summed E-state index contributed by atoms with van der Waals surface area (Å²) < 4.78 is 37.2. The van der Waals surface area contributed by atoms with E-state index in [0.717, 1.165) is 0 Å². The highest BCUT2D eigenvalue weighted by molar-refractivity contribution is 7.86. The first-order chi connectivity index (χ1) is 9.90. The Morgan fingerprint density at radius 2 is 2.05 bits per heavy atom. The van der Waals surface area contributed by atoms with Crippen LogP contribution in [0.25, 0.3) is 0 Å². The smallest absolute Gasteiger partial charge is 0.276 e. The van der Waals surface area contributed by atoms with Crippen LogP contribution in [0.15, 0.2) is 18.2 Å². The van der Waals surface area contributed by atoms with Crippen molar-refractivity contribution in [2.24, 2.45) is 5.14 Å². The SMILES string of the molecule is N#Cc1ccc(F)cc1CN1CCCN(S(N)(=O)=O)CC1. The number of rotatable bonds is 3. The van der Waals surface area contributed by atoms with E-state index in [4.69, 9.17) is 10.4 Å². The zero-order valence-corrected chi connectivity index (χ0v) is 12.3. The summed E-state index contributed by atoms with van der Waals surface area (Å²) in [4.78, 5) is 2.00. The molecule has 21 heavy (non-hydrogen) atoms. The maximum absolute atomic E-state index is 13.3. The van der Waals surface area contributed by atoms with Crippen LogP contribution in [-0.4, -0.2) is 43.8 Å². The van der Waals surface area contributed by atoms with Gasteiger partial charge in [-0.25, -0.2) is 9.53 Å². The number of benzene rings is 1. The van der Waals surface area contributed by atoms with Crippen molar-refractivity contribution in [3.05, 3.63) is 35.1 Å². The van der Waals surface area contributed by atoms with Crippen molar-refractivity contribution in [1.29, 1.82) is 5.26 Å². The second-order valence-corrected chi connectivity index (χ2v) is 6.53. The Hall–Kier alpha value is -1.53. The molecule has 1 aliphatic heterocycles. The molecule has 0 aromatic heterocycles. The Bertz CT molecular complexity index is 657. The highest BCUT2D eigenvalue weighted by atomic mass is 32.2. The number of nitrogens with zero attached hydrogens (tertiary/aromatic N) is 3. The molecule has 0 spiro atoms. The summed E-state index contributed by atoms with van der Waals surface area (Å²) in [7, 11) is -3.67. The summed E-state index contributed by atoms with van der Waals surface area (Å²) in [6, 6.07) is 6.10. The lowest BCUT2D eigenvalue weighted by Crippen LogP contribution is -2.39. The average molecular weight is 312 g/mol. The second-order valence-electron chi connectivity index (χ2n) is 4.99. The van der Waals surface area contributed by atoms with Crippen molar-refractivity contribution in [3.63, 3.8) is 0 Å². The fraction of sp³-hybridized carbons (Fsp3) is 0.462. The molecule has 0 radical (unpaired) electrons. The average Bonchev–Trinajstić information content (AvgIpc) is 2.64. The third-order valence-corrected chi connectivity index (χ3v) is 4.57. The van der Waals surface area contributed by atoms with Crippen LogP contribution < -0.4 is 5.14 Å². The van der Waals surface area contributed by atoms with Crippen molar-refractivity contribution < 1.29 is 12.8 Å². The molecule has 1 aliphatic rings. The van der Waals surface area contributed by atoms with Crippen molar-refractivity contribution >= 4 is 10.2 Å². The fourth-order valence-electron chi connectivity index (χ4n) is 2.40. The van der Waals surface area contributed by atoms with Crippen molar-refractivity contribution in [3.8, 4) is 6.07 Å². The van der Waals surface area contributed by atoms with E-state index in [2.05, 4.69) is 0 Å². The molecule has 0 unspecified atom stereocenters. The predicted molar refractivity (Wildman–Crippen MR) is 75.7 cm³/mol. The van der Waals surface area contributed by atoms with Gasteiger partial charge in [-0.3, -0.25) is 4.90 Å². The van der Waals surface area contributed by atoms with Crippen LogP contribution >= 0.6 is 0 Å². The van der Waals surface area contributed by atoms with Crippen molar-refractivity contribution in [2.45, 2.75) is 13.0 Å². The Balaban J connectivity index is 2.08. The summed E-state index contributed by atoms with van der Waals surface area (Å²) in [5.74, 6) is -0.384. The molecular formula is C13H17FN4O2S. The van der Waals surface area contributed by atoms with Crippen LogP contribution in [0.5, 0.6) is 0 Å². The van der Waals surface area contributed by atoms with Gasteiger partial charge in [0.05, 0.1) is 11.6 Å². The first-order valence-electron chi connectivity index (χ1n) is 6.59. The largest absolute Gasteiger partial charge is 0.298 e. The zero-order chi connectivity index (χ0) is 15.5. The minimum Gasteiger partial charge on any atom is -0.298 e. The lowest BCUT2D eigenvalue weighted by Gasteiger charge is -2.21. The van der Waals surface area contributed by atoms with E-state index in [1.165, 1.54) is 22.5 Å². The van der Waals surface area contributed by atoms with E-state index in [0.29, 0.717) is 50.3 Å². The summed E-state index contributed by atoms with van der Waals surface area (Å²) in [6.45, 7) is 2.27. The van der Waals surface area contributed by atoms with Crippen LogP contribution in [0.3, 0.4) is 0 Å². The number of nitrogens with two attached hydrogens (primary N) is 1. The minimum absolute atomic E-state index is 0.302. The molecule has 0 saturated carbocycles. The van der Waals surface area contributed by atoms with Gasteiger partial charge in [0, 0.05) is 26.2 Å². The summed E-state index contributed by atoms with van der Waals surface area (Å²) in [5, 5.41) is 14.2. The van der Waals surface area contributed by atoms with Crippen molar-refractivity contribution in [2.75, 3.05) is 26.2 Å². The Morgan fingerprint density at radius 1 is 1.29 bits per heavy atom. The second kappa shape index (κ2) is 6.49. The molecule has 8 heteroatoms. The van der Waals surface area contributed by atoms with Crippen LogP contribution in [-0.2, 0) is 16.8 Å². The molecule has 0 bridgehead atoms. The Kier molecular flexibility index (Phi) is 4.90.